The molecule has 2 aromatic carbocycles. The van der Waals surface area contributed by atoms with Crippen LogP contribution in [0.15, 0.2) is 47.3 Å². The number of aromatic nitrogens is 2. The van der Waals surface area contributed by atoms with Crippen LogP contribution in [0, 0.1) is 6.92 Å². The van der Waals surface area contributed by atoms with Gasteiger partial charge in [0.15, 0.2) is 0 Å². The number of nitrogens with one attached hydrogen (secondary N) is 1. The zero-order valence-electron chi connectivity index (χ0n) is 22.6. The van der Waals surface area contributed by atoms with Gasteiger partial charge in [-0.15, -0.1) is 0 Å². The van der Waals surface area contributed by atoms with Crippen molar-refractivity contribution in [3.8, 4) is 11.4 Å². The molecule has 0 spiro atoms. The SMILES string of the molecule is CCCCCN(C(=O)NC1CCCCC1)C(C)c1nc2ccccc2c(=O)n1-c1cc(C)ccc1OC. The molecule has 0 radical (unpaired) electrons. The van der Waals surface area contributed by atoms with Crippen LogP contribution in [0.5, 0.6) is 5.75 Å². The van der Waals surface area contributed by atoms with E-state index in [0.717, 1.165) is 50.5 Å². The maximum Gasteiger partial charge on any atom is 0.318 e. The monoisotopic (exact) mass is 504 g/mol. The molecule has 1 aromatic heterocycles. The van der Waals surface area contributed by atoms with Crippen LogP contribution >= 0.6 is 0 Å². The van der Waals surface area contributed by atoms with Gasteiger partial charge in [-0.3, -0.25) is 9.36 Å². The Morgan fingerprint density at radius 3 is 2.65 bits per heavy atom. The van der Waals surface area contributed by atoms with Crippen LogP contribution in [-0.2, 0) is 0 Å². The Morgan fingerprint density at radius 1 is 1.16 bits per heavy atom. The quantitative estimate of drug-likeness (QED) is 0.347. The summed E-state index contributed by atoms with van der Waals surface area (Å²) in [6.07, 6.45) is 8.55. The number of fused-ring (bicyclic) bond motifs is 1. The van der Waals surface area contributed by atoms with E-state index in [1.807, 2.05) is 55.1 Å². The Labute approximate surface area is 219 Å². The Hall–Kier alpha value is -3.35. The van der Waals surface area contributed by atoms with Gasteiger partial charge in [0.25, 0.3) is 5.56 Å². The average Bonchev–Trinajstić information content (AvgIpc) is 2.91. The average molecular weight is 505 g/mol. The first-order chi connectivity index (χ1) is 17.9. The summed E-state index contributed by atoms with van der Waals surface area (Å²) in [7, 11) is 1.60. The fourth-order valence-electron chi connectivity index (χ4n) is 5.28. The van der Waals surface area contributed by atoms with Crippen LogP contribution in [-0.4, -0.2) is 40.2 Å². The number of unbranched alkanes of at least 4 members (excludes halogenated alkanes) is 2. The molecule has 0 bridgehead atoms. The summed E-state index contributed by atoms with van der Waals surface area (Å²) in [5, 5.41) is 3.82. The number of hydrogen-bond acceptors (Lipinski definition) is 4. The van der Waals surface area contributed by atoms with E-state index in [-0.39, 0.29) is 17.6 Å². The highest BCUT2D eigenvalue weighted by atomic mass is 16.5. The van der Waals surface area contributed by atoms with E-state index in [1.54, 1.807) is 17.7 Å². The number of methoxy groups -OCH3 is 1. The third kappa shape index (κ3) is 5.97. The molecule has 37 heavy (non-hydrogen) atoms. The number of nitrogens with zero attached hydrogens (tertiary/aromatic N) is 3. The first-order valence-corrected chi connectivity index (χ1v) is 13.7. The first kappa shape index (κ1) is 26.7. The molecule has 1 heterocycles. The fraction of sp³-hybridized carbons (Fsp3) is 0.500. The van der Waals surface area contributed by atoms with Crippen LogP contribution in [0.4, 0.5) is 4.79 Å². The lowest BCUT2D eigenvalue weighted by atomic mass is 9.96. The number of carbonyl (C=O) groups excluding carboxylic acids is 1. The van der Waals surface area contributed by atoms with E-state index in [0.29, 0.717) is 34.7 Å². The van der Waals surface area contributed by atoms with E-state index in [1.165, 1.54) is 6.42 Å². The topological polar surface area (TPSA) is 76.5 Å². The molecule has 198 valence electrons. The van der Waals surface area contributed by atoms with E-state index in [9.17, 15) is 9.59 Å². The van der Waals surface area contributed by atoms with Crippen LogP contribution in [0.25, 0.3) is 16.6 Å². The number of amides is 2. The third-order valence-corrected chi connectivity index (χ3v) is 7.41. The lowest BCUT2D eigenvalue weighted by Crippen LogP contribution is -2.47. The Balaban J connectivity index is 1.83. The highest BCUT2D eigenvalue weighted by molar-refractivity contribution is 5.79. The second-order valence-corrected chi connectivity index (χ2v) is 10.2. The zero-order valence-corrected chi connectivity index (χ0v) is 22.6. The van der Waals surface area contributed by atoms with Crippen LogP contribution < -0.4 is 15.6 Å². The summed E-state index contributed by atoms with van der Waals surface area (Å²) >= 11 is 0. The minimum absolute atomic E-state index is 0.0827. The maximum absolute atomic E-state index is 14.0. The zero-order chi connectivity index (χ0) is 26.4. The van der Waals surface area contributed by atoms with Gasteiger partial charge in [0, 0.05) is 12.6 Å². The molecule has 2 amide bonds. The summed E-state index contributed by atoms with van der Waals surface area (Å²) in [4.78, 5) is 34.5. The number of carbonyl (C=O) groups is 1. The summed E-state index contributed by atoms with van der Waals surface area (Å²) in [6, 6.07) is 12.8. The molecule has 4 rings (SSSR count). The number of aryl methyl sites for hydroxylation is 1. The van der Waals surface area contributed by atoms with Crippen molar-refractivity contribution >= 4 is 16.9 Å². The third-order valence-electron chi connectivity index (χ3n) is 7.41. The highest BCUT2D eigenvalue weighted by Crippen LogP contribution is 2.29. The van der Waals surface area contributed by atoms with Gasteiger partial charge < -0.3 is 15.0 Å². The van der Waals surface area contributed by atoms with E-state index in [2.05, 4.69) is 12.2 Å². The predicted octanol–water partition coefficient (Wildman–Crippen LogP) is 6.30. The largest absolute Gasteiger partial charge is 0.495 e. The fourth-order valence-corrected chi connectivity index (χ4v) is 5.28. The Morgan fingerprint density at radius 2 is 1.92 bits per heavy atom. The predicted molar refractivity (Wildman–Crippen MR) is 149 cm³/mol. The molecule has 1 N–H and O–H groups in total. The Bertz CT molecular complexity index is 1280. The van der Waals surface area contributed by atoms with E-state index < -0.39 is 6.04 Å². The molecule has 1 fully saturated rings. The van der Waals surface area contributed by atoms with Gasteiger partial charge >= 0.3 is 6.03 Å². The van der Waals surface area contributed by atoms with Crippen molar-refractivity contribution in [3.05, 3.63) is 64.2 Å². The molecule has 7 nitrogen and oxygen atoms in total. The Kier molecular flexibility index (Phi) is 8.85. The molecule has 1 atom stereocenters. The molecule has 3 aromatic rings. The number of urea groups is 1. The number of rotatable bonds is 9. The number of ether oxygens (including phenoxy) is 1. The molecule has 0 aliphatic heterocycles. The van der Waals surface area contributed by atoms with Crippen LogP contribution in [0.2, 0.25) is 0 Å². The number of para-hydroxylation sites is 1. The second kappa shape index (κ2) is 12.3. The molecule has 1 aliphatic carbocycles. The molecule has 1 saturated carbocycles. The molecular formula is C30H40N4O3. The van der Waals surface area contributed by atoms with Crippen molar-refractivity contribution < 1.29 is 9.53 Å². The van der Waals surface area contributed by atoms with E-state index in [4.69, 9.17) is 9.72 Å². The van der Waals surface area contributed by atoms with Crippen molar-refractivity contribution in [3.63, 3.8) is 0 Å². The minimum Gasteiger partial charge on any atom is -0.495 e. The van der Waals surface area contributed by atoms with Crippen molar-refractivity contribution in [1.29, 1.82) is 0 Å². The molecule has 0 saturated heterocycles. The van der Waals surface area contributed by atoms with Crippen molar-refractivity contribution in [2.75, 3.05) is 13.7 Å². The number of benzene rings is 2. The molecule has 1 unspecified atom stereocenters. The van der Waals surface area contributed by atoms with Gasteiger partial charge in [0.05, 0.1) is 29.7 Å². The normalized spacial score (nSPS) is 14.9. The number of hydrogen-bond donors (Lipinski definition) is 1. The van der Waals surface area contributed by atoms with Gasteiger partial charge in [0.2, 0.25) is 0 Å². The van der Waals surface area contributed by atoms with Gasteiger partial charge in [0.1, 0.15) is 11.6 Å². The standard InChI is InChI=1S/C30H40N4O3/c1-5-6-12-19-33(30(36)31-23-13-8-7-9-14-23)22(3)28-32-25-16-11-10-15-24(25)29(35)34(28)26-20-21(2)17-18-27(26)37-4/h10-11,15-18,20,22-23H,5-9,12-14,19H2,1-4H3,(H,31,36). The molecule has 1 aliphatic rings. The van der Waals surface area contributed by atoms with Gasteiger partial charge in [-0.1, -0.05) is 57.2 Å². The van der Waals surface area contributed by atoms with Gasteiger partial charge in [-0.25, -0.2) is 9.78 Å². The van der Waals surface area contributed by atoms with Crippen LogP contribution in [0.3, 0.4) is 0 Å². The smallest absolute Gasteiger partial charge is 0.318 e. The van der Waals surface area contributed by atoms with Crippen molar-refractivity contribution in [1.82, 2.24) is 19.8 Å². The lowest BCUT2D eigenvalue weighted by molar-refractivity contribution is 0.167. The van der Waals surface area contributed by atoms with Gasteiger partial charge in [-0.05, 0) is 62.9 Å². The lowest BCUT2D eigenvalue weighted by Gasteiger charge is -2.33. The molecule has 7 heteroatoms. The maximum atomic E-state index is 14.0. The summed E-state index contributed by atoms with van der Waals surface area (Å²) in [5.74, 6) is 1.12. The highest BCUT2D eigenvalue weighted by Gasteiger charge is 2.29. The first-order valence-electron chi connectivity index (χ1n) is 13.7. The summed E-state index contributed by atoms with van der Waals surface area (Å²) in [5.41, 5.74) is 2.09. The van der Waals surface area contributed by atoms with Crippen molar-refractivity contribution in [2.45, 2.75) is 84.2 Å². The van der Waals surface area contributed by atoms with Crippen LogP contribution in [0.1, 0.15) is 82.6 Å². The molecular weight excluding hydrogens is 464 g/mol. The summed E-state index contributed by atoms with van der Waals surface area (Å²) in [6.45, 7) is 6.71. The summed E-state index contributed by atoms with van der Waals surface area (Å²) < 4.78 is 7.30. The second-order valence-electron chi connectivity index (χ2n) is 10.2. The van der Waals surface area contributed by atoms with E-state index >= 15 is 0 Å². The minimum atomic E-state index is -0.428. The van der Waals surface area contributed by atoms with Gasteiger partial charge in [-0.2, -0.15) is 0 Å². The van der Waals surface area contributed by atoms with Crippen molar-refractivity contribution in [2.24, 2.45) is 0 Å².